The third-order valence-electron chi connectivity index (χ3n) is 7.83. The van der Waals surface area contributed by atoms with E-state index >= 15 is 0 Å². The van der Waals surface area contributed by atoms with Crippen LogP contribution in [0.2, 0.25) is 0 Å². The number of phenols is 1. The maximum absolute atomic E-state index is 11.4. The van der Waals surface area contributed by atoms with Crippen LogP contribution in [0.4, 0.5) is 0 Å². The van der Waals surface area contributed by atoms with Crippen molar-refractivity contribution in [2.75, 3.05) is 0 Å². The summed E-state index contributed by atoms with van der Waals surface area (Å²) in [6, 6.07) is 13.9. The van der Waals surface area contributed by atoms with E-state index in [4.69, 9.17) is 28.8 Å². The predicted octanol–water partition coefficient (Wildman–Crippen LogP) is 4.58. The average Bonchev–Trinajstić information content (AvgIpc) is 3.76. The van der Waals surface area contributed by atoms with Gasteiger partial charge >= 0.3 is 37.4 Å². The summed E-state index contributed by atoms with van der Waals surface area (Å²) in [7, 11) is 0. The number of rotatable bonds is 10. The van der Waals surface area contributed by atoms with E-state index in [-0.39, 0.29) is 66.1 Å². The number of esters is 3. The molecular formula is C42H50O13Zn. The summed E-state index contributed by atoms with van der Waals surface area (Å²) in [5, 5.41) is 27.9. The van der Waals surface area contributed by atoms with Crippen LogP contribution < -0.4 is 19.7 Å². The Morgan fingerprint density at radius 2 is 1.29 bits per heavy atom. The minimum Gasteiger partial charge on any atom is -0.545 e. The minimum atomic E-state index is -1.19. The Morgan fingerprint density at radius 3 is 1.70 bits per heavy atom. The van der Waals surface area contributed by atoms with Crippen LogP contribution in [0.15, 0.2) is 104 Å². The molecule has 2 aromatic carbocycles. The molecule has 0 amide bonds. The molecule has 13 nitrogen and oxygen atoms in total. The van der Waals surface area contributed by atoms with Gasteiger partial charge in [0.25, 0.3) is 0 Å². The number of hydrogen-bond acceptors (Lipinski definition) is 13. The number of ether oxygens (including phenoxy) is 5. The van der Waals surface area contributed by atoms with Gasteiger partial charge in [-0.15, -0.1) is 0 Å². The molecule has 3 aliphatic rings. The van der Waals surface area contributed by atoms with Gasteiger partial charge in [0.1, 0.15) is 29.0 Å². The Kier molecular flexibility index (Phi) is 21.3. The van der Waals surface area contributed by atoms with Crippen LogP contribution in [-0.4, -0.2) is 65.0 Å². The first kappa shape index (κ1) is 50.7. The van der Waals surface area contributed by atoms with Crippen LogP contribution in [0.5, 0.6) is 17.2 Å². The van der Waals surface area contributed by atoms with Gasteiger partial charge in [-0.2, -0.15) is 0 Å². The number of hydrogen-bond donors (Lipinski definition) is 1. The van der Waals surface area contributed by atoms with E-state index in [1.54, 1.807) is 13.8 Å². The standard InChI is InChI=1S/C13H18O.C11H12O5.C10H10O3.2C4H6O2.Zn/c1-5-11-7-9-12(10-8-11)14-13(3,4)6-2;1-4(2)10(12)15-8-6-3-5-7(14-6)9(8)16-11(5)13;1-7(2)10(12)13-9-5-3-8(11)4-6-9;2*1-3(2)4(5)6;/h5,7-10H,1,6H2,2-4H3;5-9H,1,3H2,2H3;3-6,11H,1H2,2H3;2*1H2,2H3,(H,5,6);/q;;;;;+2/p-2. The first-order valence-electron chi connectivity index (χ1n) is 17.1. The monoisotopic (exact) mass is 826 g/mol. The fourth-order valence-electron chi connectivity index (χ4n) is 4.38. The smallest absolute Gasteiger partial charge is 0.545 e. The summed E-state index contributed by atoms with van der Waals surface area (Å²) >= 11 is 0. The summed E-state index contributed by atoms with van der Waals surface area (Å²) in [5.41, 5.74) is 1.84. The maximum Gasteiger partial charge on any atom is 2.00 e. The molecule has 298 valence electrons. The Bertz CT molecular complexity index is 1690. The molecule has 5 atom stereocenters. The Morgan fingerprint density at radius 1 is 0.821 bits per heavy atom. The number of aliphatic carboxylic acids is 2. The molecule has 3 fully saturated rings. The molecule has 0 aliphatic carbocycles. The van der Waals surface area contributed by atoms with Crippen molar-refractivity contribution in [3.63, 3.8) is 0 Å². The van der Waals surface area contributed by atoms with Crippen LogP contribution in [0.3, 0.4) is 0 Å². The second-order valence-electron chi connectivity index (χ2n) is 13.3. The predicted molar refractivity (Wildman–Crippen MR) is 201 cm³/mol. The number of benzene rings is 2. The van der Waals surface area contributed by atoms with Crippen molar-refractivity contribution >= 4 is 35.9 Å². The van der Waals surface area contributed by atoms with Gasteiger partial charge in [-0.25, -0.2) is 9.59 Å². The molecule has 14 heteroatoms. The van der Waals surface area contributed by atoms with E-state index in [2.05, 4.69) is 53.7 Å². The van der Waals surface area contributed by atoms with Crippen molar-refractivity contribution in [3.8, 4) is 17.2 Å². The van der Waals surface area contributed by atoms with Crippen LogP contribution in [0.1, 0.15) is 66.9 Å². The van der Waals surface area contributed by atoms with Crippen molar-refractivity contribution in [3.05, 3.63) is 109 Å². The van der Waals surface area contributed by atoms with E-state index in [0.717, 1.165) is 17.7 Å². The van der Waals surface area contributed by atoms with E-state index in [1.165, 1.54) is 38.1 Å². The van der Waals surface area contributed by atoms with Crippen LogP contribution >= 0.6 is 0 Å². The molecular weight excluding hydrogens is 778 g/mol. The molecule has 3 saturated heterocycles. The molecule has 56 heavy (non-hydrogen) atoms. The van der Waals surface area contributed by atoms with Gasteiger partial charge < -0.3 is 48.6 Å². The number of phenolic OH excluding ortho intramolecular Hbond substituents is 1. The number of carbonyl (C=O) groups excluding carboxylic acids is 5. The minimum absolute atomic E-state index is 0. The normalized spacial score (nSPS) is 18.9. The SMILES string of the molecule is C=C(C)C(=O)OC1C2CC3C(=O)OC1C3O2.C=C(C)C(=O)Oc1ccc(O)cc1.C=C(C)C(=O)[O-].C=C(C)C(=O)[O-].C=Cc1ccc(OC(C)(C)CC)cc1.[Zn+2]. The van der Waals surface area contributed by atoms with Crippen LogP contribution in [-0.2, 0) is 57.7 Å². The zero-order valence-corrected chi connectivity index (χ0v) is 36.1. The molecule has 5 unspecified atom stereocenters. The van der Waals surface area contributed by atoms with Crippen molar-refractivity contribution in [1.82, 2.24) is 0 Å². The summed E-state index contributed by atoms with van der Waals surface area (Å²) in [4.78, 5) is 52.8. The van der Waals surface area contributed by atoms with Crippen molar-refractivity contribution in [2.24, 2.45) is 5.92 Å². The quantitative estimate of drug-likeness (QED) is 0.151. The van der Waals surface area contributed by atoms with Gasteiger partial charge in [-0.1, -0.05) is 58.0 Å². The third kappa shape index (κ3) is 17.0. The third-order valence-corrected chi connectivity index (χ3v) is 7.83. The first-order chi connectivity index (χ1) is 25.5. The fraction of sp³-hybridized carbons (Fsp3) is 0.357. The summed E-state index contributed by atoms with van der Waals surface area (Å²) < 4.78 is 26.7. The Balaban J connectivity index is 0.000000707. The molecule has 2 bridgehead atoms. The number of carbonyl (C=O) groups is 5. The van der Waals surface area contributed by atoms with Crippen molar-refractivity contribution < 1.29 is 82.5 Å². The topological polar surface area (TPSA) is 198 Å². The summed E-state index contributed by atoms with van der Waals surface area (Å²) in [6.07, 6.45) is 2.12. The van der Waals surface area contributed by atoms with Crippen molar-refractivity contribution in [1.29, 1.82) is 0 Å². The number of carboxylic acids is 2. The van der Waals surface area contributed by atoms with Crippen LogP contribution in [0, 0.1) is 5.92 Å². The first-order valence-corrected chi connectivity index (χ1v) is 17.1. The molecule has 0 spiro atoms. The number of aromatic hydroxyl groups is 1. The second-order valence-corrected chi connectivity index (χ2v) is 13.3. The summed E-state index contributed by atoms with van der Waals surface area (Å²) in [5.74, 6) is -2.24. The zero-order chi connectivity index (χ0) is 42.2. The van der Waals surface area contributed by atoms with Gasteiger partial charge in [0.15, 0.2) is 12.2 Å². The Labute approximate surface area is 341 Å². The van der Waals surface area contributed by atoms with E-state index in [1.807, 2.05) is 30.3 Å². The van der Waals surface area contributed by atoms with Gasteiger partial charge in [-0.3, -0.25) is 4.79 Å². The average molecular weight is 828 g/mol. The fourth-order valence-corrected chi connectivity index (χ4v) is 4.38. The molecule has 1 N–H and O–H groups in total. The maximum atomic E-state index is 11.4. The van der Waals surface area contributed by atoms with Crippen LogP contribution in [0.25, 0.3) is 6.08 Å². The van der Waals surface area contributed by atoms with Gasteiger partial charge in [-0.05, 0) is 107 Å². The Hall–Kier alpha value is -5.33. The van der Waals surface area contributed by atoms with E-state index < -0.39 is 36.1 Å². The summed E-state index contributed by atoms with van der Waals surface area (Å²) in [6.45, 7) is 29.1. The molecule has 3 aliphatic heterocycles. The second kappa shape index (κ2) is 23.6. The van der Waals surface area contributed by atoms with Gasteiger partial charge in [0.2, 0.25) is 0 Å². The number of fused-ring (bicyclic) bond motifs is 1. The van der Waals surface area contributed by atoms with E-state index in [0.29, 0.717) is 23.3 Å². The van der Waals surface area contributed by atoms with Gasteiger partial charge in [0.05, 0.1) is 24.0 Å². The molecule has 0 saturated carbocycles. The molecule has 3 heterocycles. The van der Waals surface area contributed by atoms with Gasteiger partial charge in [0, 0.05) is 11.1 Å². The molecule has 5 rings (SSSR count). The molecule has 2 aromatic rings. The molecule has 0 radical (unpaired) electrons. The zero-order valence-electron chi connectivity index (χ0n) is 33.1. The largest absolute Gasteiger partial charge is 2.00 e. The van der Waals surface area contributed by atoms with E-state index in [9.17, 15) is 34.2 Å². The molecule has 0 aromatic heterocycles. The van der Waals surface area contributed by atoms with Crippen molar-refractivity contribution in [2.45, 2.75) is 91.3 Å². The number of carboxylic acid groups (broad SMARTS) is 2.